The number of nitrogens with one attached hydrogen (secondary N) is 1. The van der Waals surface area contributed by atoms with Gasteiger partial charge in [-0.25, -0.2) is 9.97 Å². The molecule has 0 atom stereocenters. The van der Waals surface area contributed by atoms with Crippen LogP contribution in [0.3, 0.4) is 0 Å². The van der Waals surface area contributed by atoms with Crippen LogP contribution in [0, 0.1) is 6.92 Å². The summed E-state index contributed by atoms with van der Waals surface area (Å²) in [5.41, 5.74) is 0. The highest BCUT2D eigenvalue weighted by atomic mass is 16.4. The predicted octanol–water partition coefficient (Wildman–Crippen LogP) is 1.66. The molecule has 0 aliphatic heterocycles. The number of carboxylic acids is 1. The second-order valence-corrected chi connectivity index (χ2v) is 5.00. The number of aliphatic carboxylic acids is 1. The molecule has 1 aromatic rings. The maximum atomic E-state index is 10.5. The highest BCUT2D eigenvalue weighted by Crippen LogP contribution is 2.25. The third-order valence-electron chi connectivity index (χ3n) is 3.03. The minimum atomic E-state index is -0.761. The van der Waals surface area contributed by atoms with Crippen LogP contribution in [-0.4, -0.2) is 40.7 Å². The molecule has 0 spiro atoms. The molecular formula is C13H20N4O2. The topological polar surface area (TPSA) is 78.4 Å². The average Bonchev–Trinajstić information content (AvgIpc) is 3.11. The SMILES string of the molecule is Cc1nc(NC2CC2)cc(N(C)CCCC(=O)O)n1. The van der Waals surface area contributed by atoms with Gasteiger partial charge in [0.15, 0.2) is 0 Å². The summed E-state index contributed by atoms with van der Waals surface area (Å²) in [7, 11) is 1.92. The van der Waals surface area contributed by atoms with Gasteiger partial charge in [-0.05, 0) is 26.2 Å². The largest absolute Gasteiger partial charge is 0.481 e. The number of nitrogens with zero attached hydrogens (tertiary/aromatic N) is 3. The summed E-state index contributed by atoms with van der Waals surface area (Å²) in [5, 5.41) is 12.0. The number of carbonyl (C=O) groups is 1. The van der Waals surface area contributed by atoms with Crippen molar-refractivity contribution >= 4 is 17.6 Å². The molecule has 0 amide bonds. The lowest BCUT2D eigenvalue weighted by atomic mass is 10.3. The molecular weight excluding hydrogens is 244 g/mol. The van der Waals surface area contributed by atoms with Gasteiger partial charge in [0.05, 0.1) is 0 Å². The smallest absolute Gasteiger partial charge is 0.303 e. The Morgan fingerprint density at radius 2 is 2.26 bits per heavy atom. The van der Waals surface area contributed by atoms with Crippen LogP contribution in [-0.2, 0) is 4.79 Å². The van der Waals surface area contributed by atoms with Gasteiger partial charge in [0, 0.05) is 32.1 Å². The summed E-state index contributed by atoms with van der Waals surface area (Å²) in [4.78, 5) is 21.2. The minimum Gasteiger partial charge on any atom is -0.481 e. The fraction of sp³-hybridized carbons (Fsp3) is 0.615. The Bertz CT molecular complexity index is 460. The van der Waals surface area contributed by atoms with Crippen LogP contribution in [0.4, 0.5) is 11.6 Å². The van der Waals surface area contributed by atoms with E-state index in [2.05, 4.69) is 15.3 Å². The first-order valence-electron chi connectivity index (χ1n) is 6.60. The highest BCUT2D eigenvalue weighted by Gasteiger charge is 2.21. The van der Waals surface area contributed by atoms with Crippen LogP contribution in [0.1, 0.15) is 31.5 Å². The molecule has 1 saturated carbocycles. The molecule has 2 rings (SSSR count). The van der Waals surface area contributed by atoms with Gasteiger partial charge in [0.2, 0.25) is 0 Å². The quantitative estimate of drug-likeness (QED) is 0.780. The van der Waals surface area contributed by atoms with Crippen molar-refractivity contribution in [1.29, 1.82) is 0 Å². The van der Waals surface area contributed by atoms with Gasteiger partial charge >= 0.3 is 5.97 Å². The first-order valence-corrected chi connectivity index (χ1v) is 6.60. The number of rotatable bonds is 7. The lowest BCUT2D eigenvalue weighted by Crippen LogP contribution is -2.21. The summed E-state index contributed by atoms with van der Waals surface area (Å²) in [6, 6.07) is 2.48. The average molecular weight is 264 g/mol. The normalized spacial score (nSPS) is 14.2. The standard InChI is InChI=1S/C13H20N4O2/c1-9-14-11(16-10-5-6-10)8-12(15-9)17(2)7-3-4-13(18)19/h8,10H,3-7H2,1-2H3,(H,18,19)(H,14,15,16). The van der Waals surface area contributed by atoms with E-state index in [9.17, 15) is 4.79 Å². The zero-order valence-electron chi connectivity index (χ0n) is 11.4. The number of anilines is 2. The van der Waals surface area contributed by atoms with Crippen molar-refractivity contribution in [2.24, 2.45) is 0 Å². The highest BCUT2D eigenvalue weighted by molar-refractivity contribution is 5.66. The van der Waals surface area contributed by atoms with Crippen LogP contribution >= 0.6 is 0 Å². The van der Waals surface area contributed by atoms with Gasteiger partial charge in [-0.3, -0.25) is 4.79 Å². The van der Waals surface area contributed by atoms with Crippen molar-refractivity contribution in [3.05, 3.63) is 11.9 Å². The van der Waals surface area contributed by atoms with Gasteiger partial charge in [0.25, 0.3) is 0 Å². The molecule has 104 valence electrons. The van der Waals surface area contributed by atoms with Crippen molar-refractivity contribution in [2.75, 3.05) is 23.8 Å². The van der Waals surface area contributed by atoms with Crippen LogP contribution in [0.5, 0.6) is 0 Å². The first-order chi connectivity index (χ1) is 9.04. The summed E-state index contributed by atoms with van der Waals surface area (Å²) in [6.45, 7) is 2.54. The number of hydrogen-bond donors (Lipinski definition) is 2. The molecule has 0 aromatic carbocycles. The summed E-state index contributed by atoms with van der Waals surface area (Å²) >= 11 is 0. The second kappa shape index (κ2) is 5.86. The summed E-state index contributed by atoms with van der Waals surface area (Å²) in [5.74, 6) is 1.66. The molecule has 2 N–H and O–H groups in total. The summed E-state index contributed by atoms with van der Waals surface area (Å²) in [6.07, 6.45) is 3.20. The van der Waals surface area contributed by atoms with Crippen LogP contribution in [0.25, 0.3) is 0 Å². The van der Waals surface area contributed by atoms with E-state index >= 15 is 0 Å². The summed E-state index contributed by atoms with van der Waals surface area (Å²) < 4.78 is 0. The van der Waals surface area contributed by atoms with Crippen molar-refractivity contribution < 1.29 is 9.90 Å². The minimum absolute atomic E-state index is 0.182. The van der Waals surface area contributed by atoms with Crippen LogP contribution in [0.2, 0.25) is 0 Å². The maximum absolute atomic E-state index is 10.5. The van der Waals surface area contributed by atoms with E-state index in [4.69, 9.17) is 5.11 Å². The first kappa shape index (κ1) is 13.6. The molecule has 1 heterocycles. The molecule has 0 radical (unpaired) electrons. The van der Waals surface area contributed by atoms with Crippen molar-refractivity contribution in [2.45, 2.75) is 38.6 Å². The van der Waals surface area contributed by atoms with E-state index in [-0.39, 0.29) is 6.42 Å². The Kier molecular flexibility index (Phi) is 4.19. The Balaban J connectivity index is 1.96. The Hall–Kier alpha value is -1.85. The van der Waals surface area contributed by atoms with E-state index < -0.39 is 5.97 Å². The molecule has 6 heteroatoms. The predicted molar refractivity (Wildman–Crippen MR) is 73.6 cm³/mol. The second-order valence-electron chi connectivity index (χ2n) is 5.00. The fourth-order valence-electron chi connectivity index (χ4n) is 1.84. The Labute approximate surface area is 112 Å². The van der Waals surface area contributed by atoms with E-state index in [0.717, 1.165) is 17.5 Å². The molecule has 1 fully saturated rings. The molecule has 0 bridgehead atoms. The fourth-order valence-corrected chi connectivity index (χ4v) is 1.84. The van der Waals surface area contributed by atoms with Crippen molar-refractivity contribution in [1.82, 2.24) is 9.97 Å². The van der Waals surface area contributed by atoms with Gasteiger partial charge in [-0.2, -0.15) is 0 Å². The van der Waals surface area contributed by atoms with E-state index in [0.29, 0.717) is 19.0 Å². The molecule has 19 heavy (non-hydrogen) atoms. The Morgan fingerprint density at radius 1 is 1.53 bits per heavy atom. The van der Waals surface area contributed by atoms with Gasteiger partial charge in [-0.1, -0.05) is 0 Å². The monoisotopic (exact) mass is 264 g/mol. The molecule has 0 unspecified atom stereocenters. The number of aryl methyl sites for hydroxylation is 1. The van der Waals surface area contributed by atoms with Crippen LogP contribution in [0.15, 0.2) is 6.07 Å². The third-order valence-corrected chi connectivity index (χ3v) is 3.03. The number of carboxylic acid groups (broad SMARTS) is 1. The number of aromatic nitrogens is 2. The van der Waals surface area contributed by atoms with Crippen LogP contribution < -0.4 is 10.2 Å². The van der Waals surface area contributed by atoms with E-state index in [1.807, 2.05) is 24.9 Å². The lowest BCUT2D eigenvalue weighted by molar-refractivity contribution is -0.137. The van der Waals surface area contributed by atoms with E-state index in [1.54, 1.807) is 0 Å². The molecule has 6 nitrogen and oxygen atoms in total. The van der Waals surface area contributed by atoms with Gasteiger partial charge < -0.3 is 15.3 Å². The molecule has 0 saturated heterocycles. The zero-order valence-corrected chi connectivity index (χ0v) is 11.4. The molecule has 1 aromatic heterocycles. The number of hydrogen-bond acceptors (Lipinski definition) is 5. The third kappa shape index (κ3) is 4.39. The van der Waals surface area contributed by atoms with Crippen molar-refractivity contribution in [3.63, 3.8) is 0 Å². The maximum Gasteiger partial charge on any atom is 0.303 e. The van der Waals surface area contributed by atoms with Crippen molar-refractivity contribution in [3.8, 4) is 0 Å². The van der Waals surface area contributed by atoms with Gasteiger partial charge in [0.1, 0.15) is 17.5 Å². The lowest BCUT2D eigenvalue weighted by Gasteiger charge is -2.19. The van der Waals surface area contributed by atoms with Gasteiger partial charge in [-0.15, -0.1) is 0 Å². The van der Waals surface area contributed by atoms with E-state index in [1.165, 1.54) is 12.8 Å². The zero-order chi connectivity index (χ0) is 13.8. The molecule has 1 aliphatic rings. The molecule has 1 aliphatic carbocycles. The Morgan fingerprint density at radius 3 is 2.89 bits per heavy atom.